The van der Waals surface area contributed by atoms with Crippen molar-refractivity contribution in [3.63, 3.8) is 0 Å². The summed E-state index contributed by atoms with van der Waals surface area (Å²) in [5, 5.41) is 1.13. The molecular weight excluding hydrogens is 224 g/mol. The highest BCUT2D eigenvalue weighted by molar-refractivity contribution is 5.84. The molecule has 2 heterocycles. The number of aromatic nitrogens is 2. The van der Waals surface area contributed by atoms with Gasteiger partial charge in [-0.05, 0) is 23.8 Å². The third kappa shape index (κ3) is 1.79. The highest BCUT2D eigenvalue weighted by atomic mass is 16.5. The van der Waals surface area contributed by atoms with Crippen LogP contribution in [0.15, 0.2) is 54.7 Å². The van der Waals surface area contributed by atoms with Crippen LogP contribution in [0.1, 0.15) is 0 Å². The Morgan fingerprint density at radius 3 is 2.72 bits per heavy atom. The quantitative estimate of drug-likeness (QED) is 0.700. The number of hydrogen-bond acceptors (Lipinski definition) is 2. The first-order valence-corrected chi connectivity index (χ1v) is 5.89. The average molecular weight is 238 g/mol. The minimum Gasteiger partial charge on any atom is -0.364 e. The first-order chi connectivity index (χ1) is 8.90. The van der Waals surface area contributed by atoms with Gasteiger partial charge in [-0.25, -0.2) is 4.98 Å². The second-order valence-electron chi connectivity index (χ2n) is 4.16. The van der Waals surface area contributed by atoms with Crippen LogP contribution in [0.4, 0.5) is 0 Å². The molecule has 0 aliphatic carbocycles. The molecule has 0 saturated carbocycles. The third-order valence-corrected chi connectivity index (χ3v) is 2.98. The molecule has 18 heavy (non-hydrogen) atoms. The van der Waals surface area contributed by atoms with Crippen molar-refractivity contribution in [1.29, 1.82) is 0 Å². The van der Waals surface area contributed by atoms with Gasteiger partial charge in [0.1, 0.15) is 12.4 Å². The molecule has 3 rings (SSSR count). The number of nitrogens with zero attached hydrogens (tertiary/aromatic N) is 2. The third-order valence-electron chi connectivity index (χ3n) is 2.98. The summed E-state index contributed by atoms with van der Waals surface area (Å²) in [6.45, 7) is 0.505. The lowest BCUT2D eigenvalue weighted by atomic mass is 10.1. The number of ether oxygens (including phenoxy) is 1. The molecule has 0 radical (unpaired) electrons. The summed E-state index contributed by atoms with van der Waals surface area (Å²) in [7, 11) is 1.70. The van der Waals surface area contributed by atoms with Crippen LogP contribution in [0.2, 0.25) is 0 Å². The molecule has 0 unspecified atom stereocenters. The molecule has 2 aromatic heterocycles. The van der Waals surface area contributed by atoms with Crippen LogP contribution in [0.5, 0.6) is 0 Å². The SMILES string of the molecule is COCn1c(-c2ccccc2)cc2cccnc21. The van der Waals surface area contributed by atoms with Gasteiger partial charge >= 0.3 is 0 Å². The highest BCUT2D eigenvalue weighted by Gasteiger charge is 2.10. The van der Waals surface area contributed by atoms with Gasteiger partial charge in [-0.15, -0.1) is 0 Å². The molecule has 0 aliphatic heterocycles. The summed E-state index contributed by atoms with van der Waals surface area (Å²) in [6, 6.07) is 16.5. The van der Waals surface area contributed by atoms with Crippen LogP contribution in [0.25, 0.3) is 22.3 Å². The number of rotatable bonds is 3. The predicted octanol–water partition coefficient (Wildman–Crippen LogP) is 3.31. The maximum Gasteiger partial charge on any atom is 0.142 e. The van der Waals surface area contributed by atoms with Crippen molar-refractivity contribution in [3.8, 4) is 11.3 Å². The zero-order valence-corrected chi connectivity index (χ0v) is 10.2. The number of fused-ring (bicyclic) bond motifs is 1. The lowest BCUT2D eigenvalue weighted by molar-refractivity contribution is 0.135. The molecule has 0 amide bonds. The standard InChI is InChI=1S/C15H14N2O/c1-18-11-17-14(12-6-3-2-4-7-12)10-13-8-5-9-16-15(13)17/h2-10H,11H2,1H3. The van der Waals surface area contributed by atoms with E-state index in [1.165, 1.54) is 5.56 Å². The normalized spacial score (nSPS) is 10.9. The van der Waals surface area contributed by atoms with E-state index < -0.39 is 0 Å². The zero-order valence-electron chi connectivity index (χ0n) is 10.2. The minimum absolute atomic E-state index is 0.505. The van der Waals surface area contributed by atoms with Crippen molar-refractivity contribution >= 4 is 11.0 Å². The van der Waals surface area contributed by atoms with Gasteiger partial charge in [0.2, 0.25) is 0 Å². The fourth-order valence-corrected chi connectivity index (χ4v) is 2.19. The first-order valence-electron chi connectivity index (χ1n) is 5.89. The lowest BCUT2D eigenvalue weighted by Gasteiger charge is -2.08. The second kappa shape index (κ2) is 4.63. The fourth-order valence-electron chi connectivity index (χ4n) is 2.19. The molecule has 0 fully saturated rings. The van der Waals surface area contributed by atoms with E-state index in [2.05, 4.69) is 33.8 Å². The van der Waals surface area contributed by atoms with Crippen LogP contribution >= 0.6 is 0 Å². The molecule has 0 saturated heterocycles. The maximum atomic E-state index is 5.28. The average Bonchev–Trinajstić information content (AvgIpc) is 2.80. The molecule has 0 atom stereocenters. The van der Waals surface area contributed by atoms with E-state index in [0.29, 0.717) is 6.73 Å². The molecule has 0 bridgehead atoms. The van der Waals surface area contributed by atoms with Crippen LogP contribution in [0, 0.1) is 0 Å². The highest BCUT2D eigenvalue weighted by Crippen LogP contribution is 2.26. The van der Waals surface area contributed by atoms with Gasteiger partial charge in [0.15, 0.2) is 0 Å². The topological polar surface area (TPSA) is 27.1 Å². The van der Waals surface area contributed by atoms with E-state index in [0.717, 1.165) is 16.7 Å². The minimum atomic E-state index is 0.505. The van der Waals surface area contributed by atoms with Crippen LogP contribution in [0.3, 0.4) is 0 Å². The van der Waals surface area contributed by atoms with Crippen molar-refractivity contribution in [3.05, 3.63) is 54.7 Å². The molecule has 90 valence electrons. The number of methoxy groups -OCH3 is 1. The number of benzene rings is 1. The van der Waals surface area contributed by atoms with E-state index in [1.807, 2.05) is 30.5 Å². The van der Waals surface area contributed by atoms with E-state index in [-0.39, 0.29) is 0 Å². The van der Waals surface area contributed by atoms with Gasteiger partial charge in [0.25, 0.3) is 0 Å². The largest absolute Gasteiger partial charge is 0.364 e. The molecule has 0 N–H and O–H groups in total. The Labute approximate surface area is 106 Å². The second-order valence-corrected chi connectivity index (χ2v) is 4.16. The van der Waals surface area contributed by atoms with Crippen molar-refractivity contribution in [2.24, 2.45) is 0 Å². The molecule has 3 heteroatoms. The summed E-state index contributed by atoms with van der Waals surface area (Å²) in [5.41, 5.74) is 3.26. The predicted molar refractivity (Wildman–Crippen MR) is 72.2 cm³/mol. The summed E-state index contributed by atoms with van der Waals surface area (Å²) >= 11 is 0. The monoisotopic (exact) mass is 238 g/mol. The molecule has 1 aromatic carbocycles. The molecular formula is C15H14N2O. The van der Waals surface area contributed by atoms with Crippen molar-refractivity contribution in [2.45, 2.75) is 6.73 Å². The Morgan fingerprint density at radius 2 is 1.94 bits per heavy atom. The fraction of sp³-hybridized carbons (Fsp3) is 0.133. The number of hydrogen-bond donors (Lipinski definition) is 0. The smallest absolute Gasteiger partial charge is 0.142 e. The van der Waals surface area contributed by atoms with Gasteiger partial charge in [0, 0.05) is 18.7 Å². The van der Waals surface area contributed by atoms with Gasteiger partial charge < -0.3 is 9.30 Å². The zero-order chi connectivity index (χ0) is 12.4. The van der Waals surface area contributed by atoms with Gasteiger partial charge in [-0.1, -0.05) is 30.3 Å². The number of pyridine rings is 1. The van der Waals surface area contributed by atoms with Crippen molar-refractivity contribution < 1.29 is 4.74 Å². The van der Waals surface area contributed by atoms with Gasteiger partial charge in [0.05, 0.1) is 5.69 Å². The Hall–Kier alpha value is -2.13. The Balaban J connectivity index is 2.25. The van der Waals surface area contributed by atoms with E-state index in [9.17, 15) is 0 Å². The van der Waals surface area contributed by atoms with Gasteiger partial charge in [-0.3, -0.25) is 0 Å². The van der Waals surface area contributed by atoms with Crippen molar-refractivity contribution in [1.82, 2.24) is 9.55 Å². The van der Waals surface area contributed by atoms with Crippen LogP contribution in [-0.2, 0) is 11.5 Å². The Morgan fingerprint density at radius 1 is 1.11 bits per heavy atom. The summed E-state index contributed by atoms with van der Waals surface area (Å²) < 4.78 is 7.37. The maximum absolute atomic E-state index is 5.28. The van der Waals surface area contributed by atoms with E-state index in [4.69, 9.17) is 4.74 Å². The Bertz CT molecular complexity index is 659. The van der Waals surface area contributed by atoms with Crippen LogP contribution < -0.4 is 0 Å². The summed E-state index contributed by atoms with van der Waals surface area (Å²) in [6.07, 6.45) is 1.81. The molecule has 3 nitrogen and oxygen atoms in total. The molecule has 0 spiro atoms. The summed E-state index contributed by atoms with van der Waals surface area (Å²) in [4.78, 5) is 4.43. The van der Waals surface area contributed by atoms with Crippen LogP contribution in [-0.4, -0.2) is 16.7 Å². The molecule has 3 aromatic rings. The van der Waals surface area contributed by atoms with E-state index in [1.54, 1.807) is 7.11 Å². The van der Waals surface area contributed by atoms with Crippen molar-refractivity contribution in [2.75, 3.05) is 7.11 Å². The van der Waals surface area contributed by atoms with E-state index >= 15 is 0 Å². The first kappa shape index (κ1) is 11.0. The Kier molecular flexibility index (Phi) is 2.82. The van der Waals surface area contributed by atoms with Gasteiger partial charge in [-0.2, -0.15) is 0 Å². The molecule has 0 aliphatic rings. The lowest BCUT2D eigenvalue weighted by Crippen LogP contribution is -2.02. The summed E-state index contributed by atoms with van der Waals surface area (Å²) in [5.74, 6) is 0.